The maximum atomic E-state index is 11.3. The first-order chi connectivity index (χ1) is 10.0. The average Bonchev–Trinajstić information content (AvgIpc) is 2.77. The molecule has 0 aliphatic heterocycles. The van der Waals surface area contributed by atoms with Crippen LogP contribution < -0.4 is 5.32 Å². The molecule has 1 atom stereocenters. The number of carboxylic acid groups (broad SMARTS) is 1. The van der Waals surface area contributed by atoms with Crippen molar-refractivity contribution in [2.45, 2.75) is 45.7 Å². The number of nitrogens with one attached hydrogen (secondary N) is 1. The summed E-state index contributed by atoms with van der Waals surface area (Å²) in [5, 5.41) is 14.3. The Balaban J connectivity index is 2.14. The van der Waals surface area contributed by atoms with Gasteiger partial charge in [-0.2, -0.15) is 0 Å². The van der Waals surface area contributed by atoms with Crippen molar-refractivity contribution in [3.05, 3.63) is 33.7 Å². The number of thiophene rings is 1. The number of aliphatic carboxylic acids is 1. The molecule has 3 nitrogen and oxygen atoms in total. The van der Waals surface area contributed by atoms with E-state index in [1.807, 2.05) is 12.1 Å². The molecule has 1 aromatic heterocycles. The van der Waals surface area contributed by atoms with Gasteiger partial charge in [0, 0.05) is 11.4 Å². The third kappa shape index (κ3) is 3.76. The minimum atomic E-state index is -0.778. The topological polar surface area (TPSA) is 49.3 Å². The van der Waals surface area contributed by atoms with Gasteiger partial charge in [0.2, 0.25) is 0 Å². The number of fused-ring (bicyclic) bond motifs is 1. The zero-order valence-electron chi connectivity index (χ0n) is 12.3. The third-order valence-corrected chi connectivity index (χ3v) is 5.44. The lowest BCUT2D eigenvalue weighted by Gasteiger charge is -2.13. The Hall–Kier alpha value is -1.10. The summed E-state index contributed by atoms with van der Waals surface area (Å²) < 4.78 is 1.08. The molecule has 0 unspecified atom stereocenters. The molecule has 1 aromatic carbocycles. The quantitative estimate of drug-likeness (QED) is 0.782. The van der Waals surface area contributed by atoms with Crippen LogP contribution in [-0.4, -0.2) is 17.1 Å². The van der Waals surface area contributed by atoms with E-state index in [-0.39, 0.29) is 0 Å². The molecular formula is C16H20ClNO2S. The van der Waals surface area contributed by atoms with Crippen LogP contribution in [0.4, 0.5) is 0 Å². The summed E-state index contributed by atoms with van der Waals surface area (Å²) >= 11 is 7.86. The van der Waals surface area contributed by atoms with Crippen molar-refractivity contribution in [1.29, 1.82) is 0 Å². The second-order valence-electron chi connectivity index (χ2n) is 5.18. The number of unbranched alkanes of at least 4 members (excludes halogenated alkanes) is 1. The highest BCUT2D eigenvalue weighted by Crippen LogP contribution is 2.35. The van der Waals surface area contributed by atoms with Gasteiger partial charge in [-0.3, -0.25) is 10.1 Å². The molecule has 114 valence electrons. The Bertz CT molecular complexity index is 638. The van der Waals surface area contributed by atoms with Crippen molar-refractivity contribution in [2.75, 3.05) is 0 Å². The summed E-state index contributed by atoms with van der Waals surface area (Å²) in [6.45, 7) is 4.70. The molecule has 0 bridgehead atoms. The van der Waals surface area contributed by atoms with Gasteiger partial charge in [0.1, 0.15) is 6.04 Å². The summed E-state index contributed by atoms with van der Waals surface area (Å²) in [5.74, 6) is -0.778. The third-order valence-electron chi connectivity index (χ3n) is 3.67. The molecule has 0 fully saturated rings. The first-order valence-corrected chi connectivity index (χ1v) is 8.36. The van der Waals surface area contributed by atoms with E-state index in [9.17, 15) is 9.90 Å². The normalized spacial score (nSPS) is 12.7. The summed E-state index contributed by atoms with van der Waals surface area (Å²) in [4.78, 5) is 12.4. The van der Waals surface area contributed by atoms with E-state index < -0.39 is 12.0 Å². The largest absolute Gasteiger partial charge is 0.480 e. The lowest BCUT2D eigenvalue weighted by Crippen LogP contribution is -2.36. The average molecular weight is 326 g/mol. The van der Waals surface area contributed by atoms with Crippen LogP contribution in [0.2, 0.25) is 5.02 Å². The van der Waals surface area contributed by atoms with Crippen LogP contribution in [0.25, 0.3) is 10.1 Å². The maximum absolute atomic E-state index is 11.3. The Morgan fingerprint density at radius 2 is 2.24 bits per heavy atom. The van der Waals surface area contributed by atoms with Crippen molar-refractivity contribution in [2.24, 2.45) is 0 Å². The van der Waals surface area contributed by atoms with Crippen LogP contribution in [0, 0.1) is 6.92 Å². The number of aryl methyl sites for hydroxylation is 1. The molecule has 0 saturated heterocycles. The lowest BCUT2D eigenvalue weighted by molar-refractivity contribution is -0.139. The standard InChI is InChI=1S/C16H20ClNO2S/c1-3-4-8-13(16(19)20)18-9-14-10(2)11-6-5-7-12(17)15(11)21-14/h5-7,13,18H,3-4,8-9H2,1-2H3,(H,19,20)/t13-/m0/s1. The van der Waals surface area contributed by atoms with Crippen LogP contribution in [-0.2, 0) is 11.3 Å². The fourth-order valence-corrected chi connectivity index (χ4v) is 3.82. The number of hydrogen-bond acceptors (Lipinski definition) is 3. The highest BCUT2D eigenvalue weighted by Gasteiger charge is 2.17. The van der Waals surface area contributed by atoms with Crippen molar-refractivity contribution in [3.63, 3.8) is 0 Å². The van der Waals surface area contributed by atoms with E-state index in [2.05, 4.69) is 25.2 Å². The van der Waals surface area contributed by atoms with Gasteiger partial charge in [-0.05, 0) is 30.4 Å². The summed E-state index contributed by atoms with van der Waals surface area (Å²) in [5.41, 5.74) is 1.18. The number of hydrogen-bond donors (Lipinski definition) is 2. The molecule has 1 heterocycles. The van der Waals surface area contributed by atoms with Gasteiger partial charge in [0.25, 0.3) is 0 Å². The number of benzene rings is 1. The van der Waals surface area contributed by atoms with E-state index in [0.29, 0.717) is 13.0 Å². The molecule has 0 aliphatic carbocycles. The Labute approximate surface area is 133 Å². The van der Waals surface area contributed by atoms with Gasteiger partial charge in [-0.15, -0.1) is 11.3 Å². The molecule has 0 aliphatic rings. The van der Waals surface area contributed by atoms with Gasteiger partial charge in [-0.1, -0.05) is 43.5 Å². The minimum absolute atomic E-state index is 0.481. The zero-order valence-corrected chi connectivity index (χ0v) is 13.9. The molecule has 21 heavy (non-hydrogen) atoms. The highest BCUT2D eigenvalue weighted by molar-refractivity contribution is 7.20. The smallest absolute Gasteiger partial charge is 0.320 e. The Kier molecular flexibility index (Phi) is 5.62. The SMILES string of the molecule is CCCC[C@H](NCc1sc2c(Cl)cccc2c1C)C(=O)O. The first kappa shape index (κ1) is 16.3. The molecule has 2 N–H and O–H groups in total. The number of carbonyl (C=O) groups is 1. The molecular weight excluding hydrogens is 306 g/mol. The number of rotatable bonds is 7. The monoisotopic (exact) mass is 325 g/mol. The van der Waals surface area contributed by atoms with Crippen molar-refractivity contribution in [3.8, 4) is 0 Å². The van der Waals surface area contributed by atoms with E-state index >= 15 is 0 Å². The first-order valence-electron chi connectivity index (χ1n) is 7.17. The van der Waals surface area contributed by atoms with Crippen LogP contribution in [0.15, 0.2) is 18.2 Å². The fourth-order valence-electron chi connectivity index (χ4n) is 2.36. The second-order valence-corrected chi connectivity index (χ2v) is 6.69. The van der Waals surface area contributed by atoms with Crippen LogP contribution in [0.1, 0.15) is 36.6 Å². The second kappa shape index (κ2) is 7.25. The molecule has 0 amide bonds. The number of halogens is 1. The van der Waals surface area contributed by atoms with Crippen molar-refractivity contribution < 1.29 is 9.90 Å². The van der Waals surface area contributed by atoms with E-state index in [1.54, 1.807) is 11.3 Å². The Morgan fingerprint density at radius 3 is 2.86 bits per heavy atom. The lowest BCUT2D eigenvalue weighted by atomic mass is 10.1. The molecule has 0 spiro atoms. The molecule has 2 aromatic rings. The zero-order chi connectivity index (χ0) is 15.4. The van der Waals surface area contributed by atoms with Gasteiger partial charge < -0.3 is 5.11 Å². The van der Waals surface area contributed by atoms with Gasteiger partial charge in [0.05, 0.1) is 9.72 Å². The highest BCUT2D eigenvalue weighted by atomic mass is 35.5. The molecule has 0 radical (unpaired) electrons. The minimum Gasteiger partial charge on any atom is -0.480 e. The predicted octanol–water partition coefficient (Wildman–Crippen LogP) is 4.60. The van der Waals surface area contributed by atoms with Gasteiger partial charge in [0.15, 0.2) is 0 Å². The van der Waals surface area contributed by atoms with Gasteiger partial charge >= 0.3 is 5.97 Å². The molecule has 2 rings (SSSR count). The van der Waals surface area contributed by atoms with Crippen LogP contribution in [0.5, 0.6) is 0 Å². The van der Waals surface area contributed by atoms with Crippen LogP contribution in [0.3, 0.4) is 0 Å². The van der Waals surface area contributed by atoms with Crippen LogP contribution >= 0.6 is 22.9 Å². The van der Waals surface area contributed by atoms with E-state index in [4.69, 9.17) is 11.6 Å². The molecule has 0 saturated carbocycles. The van der Waals surface area contributed by atoms with Crippen molar-refractivity contribution >= 4 is 39.0 Å². The van der Waals surface area contributed by atoms with Crippen molar-refractivity contribution in [1.82, 2.24) is 5.32 Å². The predicted molar refractivity (Wildman–Crippen MR) is 89.4 cm³/mol. The molecule has 5 heteroatoms. The van der Waals surface area contributed by atoms with E-state index in [1.165, 1.54) is 5.56 Å². The summed E-state index contributed by atoms with van der Waals surface area (Å²) in [7, 11) is 0. The number of carboxylic acids is 1. The Morgan fingerprint density at radius 1 is 1.48 bits per heavy atom. The summed E-state index contributed by atoms with van der Waals surface area (Å²) in [6.07, 6.45) is 2.58. The van der Waals surface area contributed by atoms with Gasteiger partial charge in [-0.25, -0.2) is 0 Å². The fraction of sp³-hybridized carbons (Fsp3) is 0.438. The summed E-state index contributed by atoms with van der Waals surface area (Å²) in [6, 6.07) is 5.41. The maximum Gasteiger partial charge on any atom is 0.320 e. The van der Waals surface area contributed by atoms with E-state index in [0.717, 1.165) is 32.8 Å².